The van der Waals surface area contributed by atoms with Crippen molar-refractivity contribution in [3.8, 4) is 0 Å². The molecule has 0 fully saturated rings. The zero-order valence-corrected chi connectivity index (χ0v) is 9.85. The third kappa shape index (κ3) is 4.78. The molecule has 0 aliphatic rings. The molecule has 0 saturated carbocycles. The molecule has 0 saturated heterocycles. The van der Waals surface area contributed by atoms with Crippen molar-refractivity contribution in [3.05, 3.63) is 35.9 Å². The van der Waals surface area contributed by atoms with Crippen molar-refractivity contribution in [1.82, 2.24) is 5.32 Å². The smallest absolute Gasteiger partial charge is 0.408 e. The minimum Gasteiger partial charge on any atom is -0.480 e. The second-order valence-corrected chi connectivity index (χ2v) is 3.63. The standard InChI is InChI=1S/C11H13NO4S/c13-10(14)9(7-17)12-11(15)16-6-8-4-2-1-3-5-8/h1-5,9,17H,6-7H2,(H,12,15)(H,13,14)/t9-/m0/s1/i/hD. The van der Waals surface area contributed by atoms with E-state index in [4.69, 9.17) is 6.17 Å². The monoisotopic (exact) mass is 256 g/mol. The first-order chi connectivity index (χ1) is 8.67. The number of benzene rings is 1. The van der Waals surface area contributed by atoms with Crippen LogP contribution in [0, 0.1) is 0 Å². The molecule has 92 valence electrons. The molecule has 1 aromatic carbocycles. The van der Waals surface area contributed by atoms with E-state index >= 15 is 0 Å². The highest BCUT2D eigenvalue weighted by Gasteiger charge is 2.18. The van der Waals surface area contributed by atoms with Gasteiger partial charge in [-0.25, -0.2) is 9.59 Å². The molecule has 0 bridgehead atoms. The largest absolute Gasteiger partial charge is 0.480 e. The maximum absolute atomic E-state index is 11.4. The first-order valence-corrected chi connectivity index (χ1v) is 5.55. The number of hydrogen-bond donors (Lipinski definition) is 3. The molecule has 0 unspecified atom stereocenters. The number of carbonyl (C=O) groups is 2. The fourth-order valence-corrected chi connectivity index (χ4v) is 1.33. The van der Waals surface area contributed by atoms with Crippen molar-refractivity contribution in [2.45, 2.75) is 12.6 Å². The van der Waals surface area contributed by atoms with Crippen LogP contribution < -0.4 is 5.32 Å². The van der Waals surface area contributed by atoms with Gasteiger partial charge >= 0.3 is 12.1 Å². The lowest BCUT2D eigenvalue weighted by Gasteiger charge is -2.12. The number of carbonyl (C=O) groups excluding carboxylic acids is 1. The molecule has 0 spiro atoms. The van der Waals surface area contributed by atoms with E-state index in [1.165, 1.54) is 0 Å². The summed E-state index contributed by atoms with van der Waals surface area (Å²) < 4.78 is 11.3. The van der Waals surface area contributed by atoms with Gasteiger partial charge in [0.2, 0.25) is 0 Å². The Hall–Kier alpha value is -1.69. The number of amides is 1. The Kier molecular flexibility index (Phi) is 4.71. The summed E-state index contributed by atoms with van der Waals surface area (Å²) in [5, 5.41) is 6.01. The number of rotatable bonds is 5. The summed E-state index contributed by atoms with van der Waals surface area (Å²) in [7, 11) is 0. The number of nitrogens with one attached hydrogen (secondary N) is 1. The summed E-state index contributed by atoms with van der Waals surface area (Å²) >= 11 is 3.87. The van der Waals surface area contributed by atoms with Crippen molar-refractivity contribution < 1.29 is 19.4 Å². The molecule has 0 aliphatic heterocycles. The Balaban J connectivity index is 2.39. The van der Waals surface area contributed by atoms with Crippen LogP contribution in [0.2, 0.25) is 0 Å². The summed E-state index contributed by atoms with van der Waals surface area (Å²) in [4.78, 5) is 22.4. The SMILES string of the molecule is [2H]OC(=O)[C@H](CS)NC(=O)OCc1ccccc1. The van der Waals surface area contributed by atoms with E-state index in [1.54, 1.807) is 12.1 Å². The number of thiol groups is 1. The lowest BCUT2D eigenvalue weighted by atomic mass is 10.2. The van der Waals surface area contributed by atoms with Crippen molar-refractivity contribution in [1.29, 1.82) is 1.43 Å². The maximum atomic E-state index is 11.4. The first kappa shape index (κ1) is 11.8. The van der Waals surface area contributed by atoms with Gasteiger partial charge in [0.15, 0.2) is 0 Å². The molecule has 6 heteroatoms. The second-order valence-electron chi connectivity index (χ2n) is 3.26. The predicted octanol–water partition coefficient (Wildman–Crippen LogP) is 1.30. The lowest BCUT2D eigenvalue weighted by molar-refractivity contribution is -0.138. The van der Waals surface area contributed by atoms with E-state index in [2.05, 4.69) is 23.1 Å². The van der Waals surface area contributed by atoms with Crippen molar-refractivity contribution in [2.75, 3.05) is 5.75 Å². The maximum Gasteiger partial charge on any atom is 0.408 e. The minimum atomic E-state index is -0.992. The van der Waals surface area contributed by atoms with Gasteiger partial charge in [0.05, 0.1) is 0 Å². The van der Waals surface area contributed by atoms with Gasteiger partial charge in [-0.15, -0.1) is 0 Å². The van der Waals surface area contributed by atoms with Gasteiger partial charge in [-0.1, -0.05) is 30.3 Å². The van der Waals surface area contributed by atoms with Crippen LogP contribution in [0.5, 0.6) is 0 Å². The van der Waals surface area contributed by atoms with Crippen LogP contribution >= 0.6 is 12.6 Å². The molecule has 1 amide bonds. The predicted molar refractivity (Wildman–Crippen MR) is 65.0 cm³/mol. The summed E-state index contributed by atoms with van der Waals surface area (Å²) in [5.74, 6) is -0.861. The minimum absolute atomic E-state index is 0.0259. The number of ether oxygens (including phenoxy) is 1. The highest BCUT2D eigenvalue weighted by atomic mass is 32.1. The summed E-state index contributed by atoms with van der Waals surface area (Å²) in [6, 6.07) is 8.12. The van der Waals surface area contributed by atoms with E-state index in [1.807, 2.05) is 18.2 Å². The Bertz CT molecular complexity index is 401. The average Bonchev–Trinajstić information content (AvgIpc) is 2.42. The third-order valence-corrected chi connectivity index (χ3v) is 2.34. The Morgan fingerprint density at radius 1 is 1.47 bits per heavy atom. The fourth-order valence-electron chi connectivity index (χ4n) is 1.09. The normalized spacial score (nSPS) is 12.2. The van der Waals surface area contributed by atoms with Gasteiger partial charge in [0.25, 0.3) is 1.43 Å². The first-order valence-electron chi connectivity index (χ1n) is 5.33. The lowest BCUT2D eigenvalue weighted by Crippen LogP contribution is -2.42. The Morgan fingerprint density at radius 3 is 2.76 bits per heavy atom. The van der Waals surface area contributed by atoms with E-state index < -0.39 is 18.1 Å². The van der Waals surface area contributed by atoms with Crippen molar-refractivity contribution in [2.24, 2.45) is 0 Å². The van der Waals surface area contributed by atoms with Gasteiger partial charge in [-0.3, -0.25) is 0 Å². The van der Waals surface area contributed by atoms with Crippen LogP contribution in [-0.4, -0.2) is 29.0 Å². The quantitative estimate of drug-likeness (QED) is 0.694. The number of hydrogen-bond acceptors (Lipinski definition) is 5. The molecule has 1 aromatic rings. The van der Waals surface area contributed by atoms with E-state index in [9.17, 15) is 9.59 Å². The molecule has 2 N–H and O–H groups in total. The summed E-state index contributed by atoms with van der Waals surface area (Å²) in [5.41, 5.74) is 0.832. The molecule has 0 aromatic heterocycles. The van der Waals surface area contributed by atoms with E-state index in [-0.39, 0.29) is 12.4 Å². The molecule has 1 rings (SSSR count). The molecular formula is C11H13NO4S. The van der Waals surface area contributed by atoms with Crippen LogP contribution in [0.15, 0.2) is 30.3 Å². The number of carboxylic acid groups (broad SMARTS) is 1. The van der Waals surface area contributed by atoms with Crippen LogP contribution in [0.1, 0.15) is 5.56 Å². The molecule has 1 atom stereocenters. The molecule has 17 heavy (non-hydrogen) atoms. The van der Waals surface area contributed by atoms with Crippen LogP contribution in [-0.2, 0) is 16.1 Å². The molecular weight excluding hydrogens is 242 g/mol. The third-order valence-electron chi connectivity index (χ3n) is 1.97. The Morgan fingerprint density at radius 2 is 2.18 bits per heavy atom. The highest BCUT2D eigenvalue weighted by molar-refractivity contribution is 7.80. The molecule has 0 aliphatic carbocycles. The molecule has 0 radical (unpaired) electrons. The highest BCUT2D eigenvalue weighted by Crippen LogP contribution is 2.01. The van der Waals surface area contributed by atoms with E-state index in [0.29, 0.717) is 0 Å². The topological polar surface area (TPSA) is 75.6 Å². The van der Waals surface area contributed by atoms with Crippen molar-refractivity contribution in [3.63, 3.8) is 0 Å². The van der Waals surface area contributed by atoms with E-state index in [0.717, 1.165) is 5.56 Å². The van der Waals surface area contributed by atoms with Crippen LogP contribution in [0.3, 0.4) is 0 Å². The van der Waals surface area contributed by atoms with Gasteiger partial charge in [-0.2, -0.15) is 12.6 Å². The second kappa shape index (κ2) is 6.80. The molecule has 5 nitrogen and oxygen atoms in total. The summed E-state index contributed by atoms with van der Waals surface area (Å²) in [6.45, 7) is 0.0991. The zero-order chi connectivity index (χ0) is 13.4. The fraction of sp³-hybridized carbons (Fsp3) is 0.273. The average molecular weight is 256 g/mol. The summed E-state index contributed by atoms with van der Waals surface area (Å²) in [6.07, 6.45) is -0.761. The number of carboxylic acids is 1. The van der Waals surface area contributed by atoms with Gasteiger partial charge < -0.3 is 15.2 Å². The van der Waals surface area contributed by atoms with Gasteiger partial charge in [0, 0.05) is 5.75 Å². The molecule has 0 heterocycles. The number of alkyl carbamates (subject to hydrolysis) is 1. The van der Waals surface area contributed by atoms with Crippen molar-refractivity contribution >= 4 is 24.7 Å². The Labute approximate surface area is 106 Å². The zero-order valence-electron chi connectivity index (χ0n) is 9.96. The van der Waals surface area contributed by atoms with Crippen LogP contribution in [0.25, 0.3) is 1.43 Å². The van der Waals surface area contributed by atoms with Crippen LogP contribution in [0.4, 0.5) is 4.79 Å². The van der Waals surface area contributed by atoms with Gasteiger partial charge in [-0.05, 0) is 5.56 Å². The number of aliphatic carboxylic acids is 1. The van der Waals surface area contributed by atoms with Gasteiger partial charge in [0.1, 0.15) is 12.6 Å².